The van der Waals surface area contributed by atoms with E-state index in [-0.39, 0.29) is 68.4 Å². The van der Waals surface area contributed by atoms with Crippen LogP contribution in [-0.2, 0) is 47.1 Å². The van der Waals surface area contributed by atoms with Crippen molar-refractivity contribution in [2.24, 2.45) is 11.8 Å². The maximum atomic E-state index is 13.9. The highest BCUT2D eigenvalue weighted by Crippen LogP contribution is 2.58. The average molecular weight is 1090 g/mol. The SMILES string of the molecule is O=C(CC(CP1(=O)Oc2ccccc2-c2ccccc21)C(=O)OCCO)OCCO.O=C1CC(CP2(=O)Oc3ccccc3-c3ccccc32)C(=O)O1.O=P1(c2cc(O)ccc2O)Oc2ccccc2-c2ccccc21. The van der Waals surface area contributed by atoms with Crippen molar-refractivity contribution in [2.45, 2.75) is 12.8 Å². The number of aliphatic hydroxyl groups is 2. The van der Waals surface area contributed by atoms with Crippen LogP contribution in [-0.4, -0.2) is 83.1 Å². The van der Waals surface area contributed by atoms with Crippen LogP contribution in [0.25, 0.3) is 33.4 Å². The van der Waals surface area contributed by atoms with Crippen LogP contribution >= 0.6 is 22.1 Å². The van der Waals surface area contributed by atoms with Crippen molar-refractivity contribution in [3.05, 3.63) is 164 Å². The molecule has 1 fully saturated rings. The lowest BCUT2D eigenvalue weighted by Gasteiger charge is -2.30. The van der Waals surface area contributed by atoms with Crippen LogP contribution < -0.4 is 34.8 Å². The quantitative estimate of drug-likeness (QED) is 0.0299. The summed E-state index contributed by atoms with van der Waals surface area (Å²) in [5, 5.41) is 39.3. The van der Waals surface area contributed by atoms with Gasteiger partial charge in [-0.2, -0.15) is 0 Å². The molecule has 0 saturated carbocycles. The van der Waals surface area contributed by atoms with E-state index in [4.69, 9.17) is 33.3 Å². The number of phenolic OH excluding ortho intramolecular Hbond substituents is 2. The first-order chi connectivity index (χ1) is 36.6. The Bertz CT molecular complexity index is 3520. The summed E-state index contributed by atoms with van der Waals surface area (Å²) >= 11 is 0. The van der Waals surface area contributed by atoms with Gasteiger partial charge in [-0.25, -0.2) is 0 Å². The first kappa shape index (κ1) is 53.1. The van der Waals surface area contributed by atoms with Crippen LogP contribution in [0, 0.1) is 11.8 Å². The minimum Gasteiger partial charge on any atom is -0.508 e. The zero-order chi connectivity index (χ0) is 53.6. The number of hydrogen-bond acceptors (Lipinski definition) is 17. The number of aliphatic hydroxyl groups excluding tert-OH is 2. The maximum Gasteiger partial charge on any atom is 0.317 e. The first-order valence-corrected chi connectivity index (χ1v) is 29.1. The third-order valence-corrected chi connectivity index (χ3v) is 20.2. The Balaban J connectivity index is 0.000000141. The van der Waals surface area contributed by atoms with Crippen LogP contribution in [0.1, 0.15) is 12.8 Å². The minimum atomic E-state index is -3.58. The second kappa shape index (κ2) is 22.6. The molecule has 11 rings (SSSR count). The van der Waals surface area contributed by atoms with Crippen LogP contribution in [0.5, 0.6) is 28.7 Å². The summed E-state index contributed by atoms with van der Waals surface area (Å²) in [6, 6.07) is 47.5. The van der Waals surface area contributed by atoms with E-state index in [0.29, 0.717) is 33.2 Å². The van der Waals surface area contributed by atoms with Gasteiger partial charge in [0.15, 0.2) is 0 Å². The van der Waals surface area contributed by atoms with Gasteiger partial charge in [-0.15, -0.1) is 0 Å². The Morgan fingerprint density at radius 1 is 0.553 bits per heavy atom. The fourth-order valence-corrected chi connectivity index (χ4v) is 16.7. The summed E-state index contributed by atoms with van der Waals surface area (Å²) < 4.78 is 73.1. The molecule has 1 saturated heterocycles. The Morgan fingerprint density at radius 2 is 1.01 bits per heavy atom. The van der Waals surface area contributed by atoms with Gasteiger partial charge in [0.05, 0.1) is 71.4 Å². The number of phenols is 2. The smallest absolute Gasteiger partial charge is 0.317 e. The number of fused-ring (bicyclic) bond motifs is 9. The number of carbonyl (C=O) groups is 4. The average Bonchev–Trinajstić information content (AvgIpc) is 3.86. The fraction of sp³-hybridized carbons (Fsp3) is 0.179. The van der Waals surface area contributed by atoms with E-state index >= 15 is 0 Å². The molecule has 7 aromatic rings. The lowest BCUT2D eigenvalue weighted by Crippen LogP contribution is -2.30. The Morgan fingerprint density at radius 3 is 1.55 bits per heavy atom. The molecule has 4 aliphatic heterocycles. The number of para-hydroxylation sites is 3. The molecule has 17 nitrogen and oxygen atoms in total. The number of benzene rings is 7. The van der Waals surface area contributed by atoms with Gasteiger partial charge in [-0.1, -0.05) is 109 Å². The fourth-order valence-electron chi connectivity index (χ4n) is 9.21. The molecule has 20 heteroatoms. The summed E-state index contributed by atoms with van der Waals surface area (Å²) in [7, 11) is -10.4. The van der Waals surface area contributed by atoms with Crippen LogP contribution in [0.4, 0.5) is 0 Å². The number of hydrogen-bond donors (Lipinski definition) is 4. The van der Waals surface area contributed by atoms with Gasteiger partial charge in [-0.3, -0.25) is 32.9 Å². The highest BCUT2D eigenvalue weighted by atomic mass is 31.2. The van der Waals surface area contributed by atoms with Crippen molar-refractivity contribution < 1.29 is 81.1 Å². The number of esters is 4. The molecule has 4 aliphatic rings. The molecule has 0 spiro atoms. The third kappa shape index (κ3) is 11.0. The second-order valence-corrected chi connectivity index (χ2v) is 24.7. The third-order valence-electron chi connectivity index (χ3n) is 12.6. The van der Waals surface area contributed by atoms with Gasteiger partial charge in [0, 0.05) is 16.7 Å². The number of rotatable bonds is 12. The molecule has 0 radical (unpaired) electrons. The van der Waals surface area contributed by atoms with Crippen LogP contribution in [0.2, 0.25) is 0 Å². The van der Waals surface area contributed by atoms with E-state index < -0.39 is 57.8 Å². The largest absolute Gasteiger partial charge is 0.508 e. The number of carbonyl (C=O) groups excluding carboxylic acids is 4. The monoisotopic (exact) mass is 1090 g/mol. The Labute approximate surface area is 436 Å². The number of aromatic hydroxyl groups is 2. The molecule has 0 aromatic heterocycles. The van der Waals surface area contributed by atoms with Gasteiger partial charge in [-0.05, 0) is 71.3 Å². The molecular formula is C56H49O17P3. The van der Waals surface area contributed by atoms with E-state index in [0.717, 1.165) is 33.4 Å². The zero-order valence-corrected chi connectivity index (χ0v) is 43.0. The molecular weight excluding hydrogens is 1040 g/mol. The van der Waals surface area contributed by atoms with Gasteiger partial charge in [0.2, 0.25) is 0 Å². The molecule has 0 bridgehead atoms. The second-order valence-electron chi connectivity index (χ2n) is 17.7. The van der Waals surface area contributed by atoms with Crippen molar-refractivity contribution in [1.29, 1.82) is 0 Å². The summed E-state index contributed by atoms with van der Waals surface area (Å²) in [5.41, 5.74) is 4.92. The van der Waals surface area contributed by atoms with Crippen molar-refractivity contribution >= 4 is 67.2 Å². The predicted octanol–water partition coefficient (Wildman–Crippen LogP) is 7.85. The highest BCUT2D eigenvalue weighted by Gasteiger charge is 2.45. The van der Waals surface area contributed by atoms with Gasteiger partial charge >= 0.3 is 31.2 Å². The van der Waals surface area contributed by atoms with Crippen LogP contribution in [0.15, 0.2) is 164 Å². The molecule has 0 aliphatic carbocycles. The van der Waals surface area contributed by atoms with Crippen molar-refractivity contribution in [3.8, 4) is 62.1 Å². The van der Waals surface area contributed by atoms with Gasteiger partial charge in [0.1, 0.15) is 42.0 Å². The first-order valence-electron chi connectivity index (χ1n) is 23.9. The van der Waals surface area contributed by atoms with E-state index in [1.807, 2.05) is 78.9 Å². The van der Waals surface area contributed by atoms with Gasteiger partial charge < -0.3 is 48.2 Å². The summed E-state index contributed by atoms with van der Waals surface area (Å²) in [4.78, 5) is 47.6. The van der Waals surface area contributed by atoms with Gasteiger partial charge in [0.25, 0.3) is 14.7 Å². The molecule has 4 N–H and O–H groups in total. The minimum absolute atomic E-state index is 0.0249. The van der Waals surface area contributed by atoms with E-state index in [2.05, 4.69) is 4.74 Å². The van der Waals surface area contributed by atoms with Crippen molar-refractivity contribution in [1.82, 2.24) is 0 Å². The van der Waals surface area contributed by atoms with E-state index in [1.165, 1.54) is 18.2 Å². The summed E-state index contributed by atoms with van der Waals surface area (Å²) in [6.45, 7) is -1.18. The van der Waals surface area contributed by atoms with Crippen LogP contribution in [0.3, 0.4) is 0 Å². The topological polar surface area (TPSA) is 256 Å². The molecule has 4 heterocycles. The van der Waals surface area contributed by atoms with Crippen molar-refractivity contribution in [2.75, 3.05) is 38.8 Å². The summed E-state index contributed by atoms with van der Waals surface area (Å²) in [5.74, 6) is -3.30. The molecule has 7 aromatic carbocycles. The molecule has 5 unspecified atom stereocenters. The Hall–Kier alpha value is -7.77. The highest BCUT2D eigenvalue weighted by molar-refractivity contribution is 7.75. The molecule has 390 valence electrons. The zero-order valence-electron chi connectivity index (χ0n) is 40.3. The predicted molar refractivity (Wildman–Crippen MR) is 282 cm³/mol. The standard InChI is InChI=1S/C21H23O8P.C18H13O4P.C17H13O5P/c22-9-11-27-20(24)13-15(21(25)28-12-10-23)14-30(26)19-8-4-2-6-17(19)16-5-1-3-7-18(16)29-30;19-12-9-10-15(20)18(11-12)23(21)17-8-4-2-6-14(17)13-5-1-3-7-16(13)22-23;18-16-9-11(17(19)21-16)10-23(20)15-8-4-2-6-13(15)12-5-1-3-7-14(12)22-23/h1-8,15,22-23H,9-14H2;1-11,19-20H;1-8,11H,9-10H2. The molecule has 5 atom stereocenters. The number of cyclic esters (lactones) is 2. The van der Waals surface area contributed by atoms with E-state index in [1.54, 1.807) is 66.7 Å². The maximum absolute atomic E-state index is 13.9. The normalized spacial score (nSPS) is 20.3. The lowest BCUT2D eigenvalue weighted by molar-refractivity contribution is -0.155. The van der Waals surface area contributed by atoms with Crippen molar-refractivity contribution in [3.63, 3.8) is 0 Å². The Kier molecular flexibility index (Phi) is 15.8. The molecule has 0 amide bonds. The summed E-state index contributed by atoms with van der Waals surface area (Å²) in [6.07, 6.45) is -0.725. The lowest BCUT2D eigenvalue weighted by atomic mass is 10.0. The number of ether oxygens (including phenoxy) is 3. The molecule has 76 heavy (non-hydrogen) atoms. The van der Waals surface area contributed by atoms with E-state index in [9.17, 15) is 43.1 Å².